The summed E-state index contributed by atoms with van der Waals surface area (Å²) in [5, 5.41) is 0. The van der Waals surface area contributed by atoms with Gasteiger partial charge in [0.25, 0.3) is 0 Å². The maximum absolute atomic E-state index is 12.7. The van der Waals surface area contributed by atoms with E-state index in [1.807, 2.05) is 0 Å². The van der Waals surface area contributed by atoms with Crippen molar-refractivity contribution in [2.24, 2.45) is 11.5 Å². The molecule has 6 N–H and O–H groups in total. The maximum Gasteiger partial charge on any atom is 0.325 e. The predicted molar refractivity (Wildman–Crippen MR) is 83.3 cm³/mol. The van der Waals surface area contributed by atoms with Gasteiger partial charge in [0.05, 0.1) is 12.1 Å². The van der Waals surface area contributed by atoms with Crippen LogP contribution in [-0.4, -0.2) is 18.3 Å². The van der Waals surface area contributed by atoms with E-state index in [-0.39, 0.29) is 30.2 Å². The third kappa shape index (κ3) is 3.13. The molecule has 0 saturated heterocycles. The standard InChI is InChI=1S/C16H17N3O3/c17-8-11-12(19)6-7-13(22-14(20)9-18)15(11)16(21)10-4-2-1-3-5-10/h1-7H,8-9,17-19H2. The van der Waals surface area contributed by atoms with Gasteiger partial charge in [0.2, 0.25) is 0 Å². The van der Waals surface area contributed by atoms with Gasteiger partial charge in [-0.15, -0.1) is 0 Å². The Kier molecular flexibility index (Phi) is 4.88. The molecule has 22 heavy (non-hydrogen) atoms. The van der Waals surface area contributed by atoms with Crippen LogP contribution in [0, 0.1) is 0 Å². The van der Waals surface area contributed by atoms with Crippen molar-refractivity contribution in [3.8, 4) is 5.75 Å². The molecule has 6 heteroatoms. The Bertz CT molecular complexity index is 699. The minimum Gasteiger partial charge on any atom is -0.425 e. The zero-order valence-electron chi connectivity index (χ0n) is 11.9. The highest BCUT2D eigenvalue weighted by Gasteiger charge is 2.21. The number of anilines is 1. The first kappa shape index (κ1) is 15.7. The molecule has 0 bridgehead atoms. The van der Waals surface area contributed by atoms with E-state index in [0.29, 0.717) is 16.8 Å². The first-order chi connectivity index (χ1) is 10.6. The Morgan fingerprint density at radius 1 is 1.00 bits per heavy atom. The number of benzene rings is 2. The van der Waals surface area contributed by atoms with Crippen LogP contribution in [0.4, 0.5) is 5.69 Å². The second kappa shape index (κ2) is 6.84. The van der Waals surface area contributed by atoms with Crippen molar-refractivity contribution in [1.29, 1.82) is 0 Å². The van der Waals surface area contributed by atoms with Gasteiger partial charge in [0.15, 0.2) is 5.78 Å². The lowest BCUT2D eigenvalue weighted by Crippen LogP contribution is -2.22. The van der Waals surface area contributed by atoms with Crippen LogP contribution in [0.15, 0.2) is 42.5 Å². The van der Waals surface area contributed by atoms with Crippen molar-refractivity contribution in [2.75, 3.05) is 12.3 Å². The first-order valence-corrected chi connectivity index (χ1v) is 6.70. The van der Waals surface area contributed by atoms with E-state index in [1.54, 1.807) is 36.4 Å². The van der Waals surface area contributed by atoms with Gasteiger partial charge in [-0.3, -0.25) is 9.59 Å². The molecule has 0 unspecified atom stereocenters. The lowest BCUT2D eigenvalue weighted by molar-refractivity contribution is -0.132. The fourth-order valence-corrected chi connectivity index (χ4v) is 2.09. The Morgan fingerprint density at radius 2 is 1.68 bits per heavy atom. The van der Waals surface area contributed by atoms with Gasteiger partial charge in [-0.2, -0.15) is 0 Å². The zero-order chi connectivity index (χ0) is 16.1. The van der Waals surface area contributed by atoms with Crippen molar-refractivity contribution in [1.82, 2.24) is 0 Å². The number of hydrogen-bond acceptors (Lipinski definition) is 6. The highest BCUT2D eigenvalue weighted by molar-refractivity contribution is 6.12. The van der Waals surface area contributed by atoms with Crippen LogP contribution >= 0.6 is 0 Å². The Morgan fingerprint density at radius 3 is 2.27 bits per heavy atom. The lowest BCUT2D eigenvalue weighted by atomic mass is 9.96. The third-order valence-corrected chi connectivity index (χ3v) is 3.17. The van der Waals surface area contributed by atoms with Gasteiger partial charge in [0.1, 0.15) is 5.75 Å². The molecule has 0 saturated carbocycles. The average Bonchev–Trinajstić information content (AvgIpc) is 2.56. The van der Waals surface area contributed by atoms with Crippen molar-refractivity contribution in [3.63, 3.8) is 0 Å². The van der Waals surface area contributed by atoms with Crippen LogP contribution in [0.25, 0.3) is 0 Å². The first-order valence-electron chi connectivity index (χ1n) is 6.70. The summed E-state index contributed by atoms with van der Waals surface area (Å²) in [6, 6.07) is 11.6. The van der Waals surface area contributed by atoms with E-state index in [1.165, 1.54) is 6.07 Å². The second-order valence-electron chi connectivity index (χ2n) is 4.58. The summed E-state index contributed by atoms with van der Waals surface area (Å²) in [5.74, 6) is -0.845. The largest absolute Gasteiger partial charge is 0.425 e. The van der Waals surface area contributed by atoms with Crippen molar-refractivity contribution >= 4 is 17.4 Å². The quantitative estimate of drug-likeness (QED) is 0.325. The molecule has 2 aromatic carbocycles. The van der Waals surface area contributed by atoms with Crippen LogP contribution in [0.1, 0.15) is 21.5 Å². The number of carbonyl (C=O) groups excluding carboxylic acids is 2. The lowest BCUT2D eigenvalue weighted by Gasteiger charge is -2.15. The molecule has 0 aliphatic heterocycles. The Labute approximate surface area is 127 Å². The van der Waals surface area contributed by atoms with Crippen LogP contribution in [-0.2, 0) is 11.3 Å². The molecule has 2 aromatic rings. The third-order valence-electron chi connectivity index (χ3n) is 3.17. The van der Waals surface area contributed by atoms with Crippen molar-refractivity contribution in [2.45, 2.75) is 6.54 Å². The molecule has 0 spiro atoms. The Balaban J connectivity index is 2.57. The van der Waals surface area contributed by atoms with E-state index >= 15 is 0 Å². The summed E-state index contributed by atoms with van der Waals surface area (Å²) in [4.78, 5) is 24.2. The number of hydrogen-bond donors (Lipinski definition) is 3. The number of rotatable bonds is 5. The van der Waals surface area contributed by atoms with Crippen LogP contribution in [0.2, 0.25) is 0 Å². The van der Waals surface area contributed by atoms with Crippen molar-refractivity contribution in [3.05, 3.63) is 59.2 Å². The van der Waals surface area contributed by atoms with E-state index in [2.05, 4.69) is 0 Å². The number of ketones is 1. The molecule has 0 aromatic heterocycles. The second-order valence-corrected chi connectivity index (χ2v) is 4.58. The molecule has 2 rings (SSSR count). The van der Waals surface area contributed by atoms with Crippen molar-refractivity contribution < 1.29 is 14.3 Å². The molecule has 0 atom stereocenters. The van der Waals surface area contributed by atoms with Crippen LogP contribution < -0.4 is 21.9 Å². The van der Waals surface area contributed by atoms with E-state index in [9.17, 15) is 9.59 Å². The molecular formula is C16H17N3O3. The summed E-state index contributed by atoms with van der Waals surface area (Å²) in [6.45, 7) is -0.241. The van der Waals surface area contributed by atoms with E-state index in [4.69, 9.17) is 21.9 Å². The summed E-state index contributed by atoms with van der Waals surface area (Å²) >= 11 is 0. The Hall–Kier alpha value is -2.70. The SMILES string of the molecule is NCC(=O)Oc1ccc(N)c(CN)c1C(=O)c1ccccc1. The van der Waals surface area contributed by atoms with E-state index < -0.39 is 5.97 Å². The van der Waals surface area contributed by atoms with Gasteiger partial charge < -0.3 is 21.9 Å². The highest BCUT2D eigenvalue weighted by Crippen LogP contribution is 2.29. The van der Waals surface area contributed by atoms with Gasteiger partial charge in [-0.25, -0.2) is 0 Å². The highest BCUT2D eigenvalue weighted by atomic mass is 16.5. The molecule has 0 fully saturated rings. The average molecular weight is 299 g/mol. The number of esters is 1. The van der Waals surface area contributed by atoms with Crippen LogP contribution in [0.3, 0.4) is 0 Å². The molecule has 0 radical (unpaired) electrons. The summed E-state index contributed by atoms with van der Waals surface area (Å²) in [5.41, 5.74) is 18.3. The van der Waals surface area contributed by atoms with E-state index in [0.717, 1.165) is 0 Å². The molecule has 0 amide bonds. The molecule has 114 valence electrons. The fourth-order valence-electron chi connectivity index (χ4n) is 2.09. The smallest absolute Gasteiger partial charge is 0.325 e. The zero-order valence-corrected chi connectivity index (χ0v) is 11.9. The van der Waals surface area contributed by atoms with Gasteiger partial charge in [0, 0.05) is 23.4 Å². The minimum absolute atomic E-state index is 0.0494. The van der Waals surface area contributed by atoms with Gasteiger partial charge in [-0.1, -0.05) is 30.3 Å². The topological polar surface area (TPSA) is 121 Å². The summed E-state index contributed by atoms with van der Waals surface area (Å²) < 4.78 is 5.14. The molecular weight excluding hydrogens is 282 g/mol. The number of nitrogens with two attached hydrogens (primary N) is 3. The number of carbonyl (C=O) groups is 2. The minimum atomic E-state index is -0.644. The maximum atomic E-state index is 12.7. The van der Waals surface area contributed by atoms with Crippen LogP contribution in [0.5, 0.6) is 5.75 Å². The predicted octanol–water partition coefficient (Wildman–Crippen LogP) is 0.823. The number of ether oxygens (including phenoxy) is 1. The molecule has 0 aliphatic rings. The monoisotopic (exact) mass is 299 g/mol. The molecule has 0 aliphatic carbocycles. The number of nitrogen functional groups attached to an aromatic ring is 1. The van der Waals surface area contributed by atoms with Gasteiger partial charge in [-0.05, 0) is 12.1 Å². The normalized spacial score (nSPS) is 10.3. The summed E-state index contributed by atoms with van der Waals surface area (Å²) in [6.07, 6.45) is 0. The molecule has 6 nitrogen and oxygen atoms in total. The summed E-state index contributed by atoms with van der Waals surface area (Å²) in [7, 11) is 0. The molecule has 0 heterocycles. The fraction of sp³-hybridized carbons (Fsp3) is 0.125. The van der Waals surface area contributed by atoms with Gasteiger partial charge >= 0.3 is 5.97 Å².